The van der Waals surface area contributed by atoms with Crippen molar-refractivity contribution in [3.63, 3.8) is 0 Å². The summed E-state index contributed by atoms with van der Waals surface area (Å²) in [5.41, 5.74) is 8.98. The fourth-order valence-corrected chi connectivity index (χ4v) is 9.88. The molecule has 0 radical (unpaired) electrons. The highest BCUT2D eigenvalue weighted by Gasteiger charge is 2.27. The standard InChI is InChI=1S/C64H49N7O2/c1-63(2,3)43-30-32-51-47(36-43)55(72)49-34-42(35-50-54(49)71(51)52-33-31-44(64(4,5)6)37-48(52)56(50)73)53-45(61-67-57(38-20-11-7-12-21-38)65-58(68-61)39-22-13-8-14-23-39)28-19-29-46(53)62-69-59(40-24-15-9-16-25-40)66-60(70-62)41-26-17-10-18-27-41/h7-37H,1-6H3. The molecule has 0 spiro atoms. The van der Waals surface area contributed by atoms with E-state index in [1.807, 2.05) is 176 Å². The molecule has 0 fully saturated rings. The van der Waals surface area contributed by atoms with Gasteiger partial charge in [0.25, 0.3) is 0 Å². The van der Waals surface area contributed by atoms with Crippen molar-refractivity contribution in [3.8, 4) is 79.5 Å². The van der Waals surface area contributed by atoms with Gasteiger partial charge in [-0.25, -0.2) is 29.9 Å². The molecule has 0 unspecified atom stereocenters. The fraction of sp³-hybridized carbons (Fsp3) is 0.125. The Balaban J connectivity index is 1.24. The molecule has 0 bridgehead atoms. The summed E-state index contributed by atoms with van der Waals surface area (Å²) in [4.78, 5) is 62.1. The zero-order valence-corrected chi connectivity index (χ0v) is 41.3. The molecule has 0 aliphatic carbocycles. The van der Waals surface area contributed by atoms with Crippen LogP contribution in [0.1, 0.15) is 52.7 Å². The van der Waals surface area contributed by atoms with Crippen LogP contribution in [-0.2, 0) is 10.8 Å². The van der Waals surface area contributed by atoms with Gasteiger partial charge in [0, 0.05) is 60.5 Å². The molecule has 0 aliphatic heterocycles. The van der Waals surface area contributed by atoms with E-state index in [4.69, 9.17) is 29.9 Å². The summed E-state index contributed by atoms with van der Waals surface area (Å²) < 4.78 is 2.11. The van der Waals surface area contributed by atoms with Crippen LogP contribution in [0.2, 0.25) is 0 Å². The Morgan fingerprint density at radius 2 is 0.658 bits per heavy atom. The van der Waals surface area contributed by atoms with Crippen molar-refractivity contribution in [1.82, 2.24) is 34.3 Å². The molecule has 12 rings (SSSR count). The zero-order chi connectivity index (χ0) is 50.2. The number of hydrogen-bond donors (Lipinski definition) is 0. The lowest BCUT2D eigenvalue weighted by Gasteiger charge is -2.23. The predicted octanol–water partition coefficient (Wildman–Crippen LogP) is 14.2. The lowest BCUT2D eigenvalue weighted by atomic mass is 9.85. The average molecular weight is 948 g/mol. The first-order valence-corrected chi connectivity index (χ1v) is 24.5. The lowest BCUT2D eigenvalue weighted by Crippen LogP contribution is -2.17. The molecule has 352 valence electrons. The molecule has 9 nitrogen and oxygen atoms in total. The molecule has 0 saturated heterocycles. The molecule has 0 saturated carbocycles. The zero-order valence-electron chi connectivity index (χ0n) is 41.3. The van der Waals surface area contributed by atoms with Crippen molar-refractivity contribution < 1.29 is 0 Å². The third-order valence-electron chi connectivity index (χ3n) is 13.8. The van der Waals surface area contributed by atoms with Gasteiger partial charge in [-0.05, 0) is 63.9 Å². The topological polar surface area (TPSA) is 116 Å². The number of fused-ring (bicyclic) bond motifs is 4. The molecule has 9 heteroatoms. The highest BCUT2D eigenvalue weighted by atomic mass is 16.1. The summed E-state index contributed by atoms with van der Waals surface area (Å²) in [6.45, 7) is 12.9. The van der Waals surface area contributed by atoms with Crippen LogP contribution in [0.15, 0.2) is 198 Å². The first kappa shape index (κ1) is 45.1. The Morgan fingerprint density at radius 3 is 0.986 bits per heavy atom. The summed E-state index contributed by atoms with van der Waals surface area (Å²) >= 11 is 0. The van der Waals surface area contributed by atoms with E-state index in [-0.39, 0.29) is 21.7 Å². The van der Waals surface area contributed by atoms with E-state index in [1.165, 1.54) is 0 Å². The van der Waals surface area contributed by atoms with Crippen molar-refractivity contribution in [2.24, 2.45) is 0 Å². The Bertz CT molecular complexity index is 3860. The van der Waals surface area contributed by atoms with Gasteiger partial charge >= 0.3 is 0 Å². The maximum absolute atomic E-state index is 15.5. The molecule has 12 aromatic rings. The minimum atomic E-state index is -0.239. The van der Waals surface area contributed by atoms with Crippen molar-refractivity contribution in [1.29, 1.82) is 0 Å². The Morgan fingerprint density at radius 1 is 0.329 bits per heavy atom. The van der Waals surface area contributed by atoms with Gasteiger partial charge in [0.15, 0.2) is 45.8 Å². The van der Waals surface area contributed by atoms with Gasteiger partial charge < -0.3 is 4.40 Å². The Kier molecular flexibility index (Phi) is 10.7. The number of nitrogens with zero attached hydrogens (tertiary/aromatic N) is 7. The maximum atomic E-state index is 15.5. The van der Waals surface area contributed by atoms with Gasteiger partial charge in [-0.1, -0.05) is 193 Å². The second-order valence-electron chi connectivity index (χ2n) is 20.7. The highest BCUT2D eigenvalue weighted by Crippen LogP contribution is 2.42. The van der Waals surface area contributed by atoms with Crippen LogP contribution >= 0.6 is 0 Å². The third-order valence-corrected chi connectivity index (χ3v) is 13.8. The van der Waals surface area contributed by atoms with Crippen LogP contribution in [0.5, 0.6) is 0 Å². The summed E-state index contributed by atoms with van der Waals surface area (Å²) in [7, 11) is 0. The van der Waals surface area contributed by atoms with Crippen LogP contribution in [-0.4, -0.2) is 34.3 Å². The van der Waals surface area contributed by atoms with Crippen molar-refractivity contribution >= 4 is 38.1 Å². The van der Waals surface area contributed by atoms with E-state index in [1.54, 1.807) is 0 Å². The molecule has 0 amide bonds. The SMILES string of the molecule is CC(C)(C)c1ccc2c(c1)c(=O)c1cc(-c3c(-c4nc(-c5ccccc5)nc(-c5ccccc5)n4)cccc3-c3nc(-c4ccccc4)nc(-c4ccccc4)n3)cc3c(=O)c4cc(C(C)(C)C)ccc4n2c13. The minimum Gasteiger partial charge on any atom is -0.308 e. The number of rotatable bonds is 7. The van der Waals surface area contributed by atoms with Crippen LogP contribution in [0.25, 0.3) is 118 Å². The summed E-state index contributed by atoms with van der Waals surface area (Å²) in [5.74, 6) is 2.71. The van der Waals surface area contributed by atoms with E-state index in [0.29, 0.717) is 84.3 Å². The monoisotopic (exact) mass is 947 g/mol. The van der Waals surface area contributed by atoms with E-state index in [2.05, 4.69) is 58.1 Å². The first-order chi connectivity index (χ1) is 35.3. The van der Waals surface area contributed by atoms with E-state index in [9.17, 15) is 0 Å². The molecule has 0 N–H and O–H groups in total. The largest absolute Gasteiger partial charge is 0.308 e. The minimum absolute atomic E-state index is 0.173. The lowest BCUT2D eigenvalue weighted by molar-refractivity contribution is 0.591. The molecular formula is C64H49N7O2. The Labute approximate surface area is 422 Å². The Hall–Kier alpha value is -9.08. The highest BCUT2D eigenvalue weighted by molar-refractivity contribution is 6.11. The number of pyridine rings is 2. The molecule has 8 aromatic carbocycles. The first-order valence-electron chi connectivity index (χ1n) is 24.5. The van der Waals surface area contributed by atoms with Crippen molar-refractivity contribution in [2.75, 3.05) is 0 Å². The summed E-state index contributed by atoms with van der Waals surface area (Å²) in [6, 6.07) is 61.5. The van der Waals surface area contributed by atoms with Crippen LogP contribution in [0, 0.1) is 0 Å². The van der Waals surface area contributed by atoms with Crippen molar-refractivity contribution in [3.05, 3.63) is 220 Å². The second kappa shape index (κ2) is 17.3. The van der Waals surface area contributed by atoms with Gasteiger partial charge in [-0.15, -0.1) is 0 Å². The van der Waals surface area contributed by atoms with E-state index < -0.39 is 0 Å². The van der Waals surface area contributed by atoms with Gasteiger partial charge in [-0.3, -0.25) is 9.59 Å². The van der Waals surface area contributed by atoms with Gasteiger partial charge in [0.2, 0.25) is 0 Å². The number of aromatic nitrogens is 7. The molecule has 73 heavy (non-hydrogen) atoms. The predicted molar refractivity (Wildman–Crippen MR) is 296 cm³/mol. The van der Waals surface area contributed by atoms with Gasteiger partial charge in [-0.2, -0.15) is 0 Å². The van der Waals surface area contributed by atoms with Gasteiger partial charge in [0.05, 0.1) is 16.6 Å². The normalized spacial score (nSPS) is 12.1. The number of benzene rings is 8. The summed E-state index contributed by atoms with van der Waals surface area (Å²) in [6.07, 6.45) is 0. The molecule has 4 heterocycles. The van der Waals surface area contributed by atoms with E-state index >= 15 is 9.59 Å². The van der Waals surface area contributed by atoms with Gasteiger partial charge in [0.1, 0.15) is 0 Å². The molecule has 0 aliphatic rings. The fourth-order valence-electron chi connectivity index (χ4n) is 9.88. The van der Waals surface area contributed by atoms with Crippen LogP contribution < -0.4 is 10.9 Å². The summed E-state index contributed by atoms with van der Waals surface area (Å²) in [5, 5.41) is 1.93. The smallest absolute Gasteiger partial charge is 0.197 e. The molecular weight excluding hydrogens is 899 g/mol. The van der Waals surface area contributed by atoms with Crippen LogP contribution in [0.4, 0.5) is 0 Å². The second-order valence-corrected chi connectivity index (χ2v) is 20.7. The van der Waals surface area contributed by atoms with E-state index in [0.717, 1.165) is 44.4 Å². The molecule has 0 atom stereocenters. The quantitative estimate of drug-likeness (QED) is 0.115. The molecule has 4 aromatic heterocycles. The third kappa shape index (κ3) is 7.99. The number of hydrogen-bond acceptors (Lipinski definition) is 8. The maximum Gasteiger partial charge on any atom is 0.197 e. The van der Waals surface area contributed by atoms with Crippen molar-refractivity contribution in [2.45, 2.75) is 52.4 Å². The van der Waals surface area contributed by atoms with Crippen LogP contribution in [0.3, 0.4) is 0 Å². The average Bonchev–Trinajstić information content (AvgIpc) is 3.42.